The topological polar surface area (TPSA) is 27.9 Å². The molecule has 2 aromatic rings. The standard InChI is InChI=1S/C21H16F3N3OS/c1-13-4-6-14(7-5-13)27-19(29)26(18(28)20(27)10-3-11-20)15-8-9-17(25-2)16(12-15)21(22,23)24/h4-9,12H,3,10-11H2,1H3. The van der Waals surface area contributed by atoms with E-state index in [1.807, 2.05) is 31.2 Å². The summed E-state index contributed by atoms with van der Waals surface area (Å²) in [6.07, 6.45) is -2.69. The first kappa shape index (κ1) is 19.4. The molecule has 1 heterocycles. The Kier molecular flexibility index (Phi) is 4.39. The van der Waals surface area contributed by atoms with E-state index in [-0.39, 0.29) is 16.7 Å². The number of thiocarbonyl (C=S) groups is 1. The van der Waals surface area contributed by atoms with Crippen molar-refractivity contribution in [1.82, 2.24) is 0 Å². The van der Waals surface area contributed by atoms with Gasteiger partial charge in [0, 0.05) is 11.4 Å². The second kappa shape index (κ2) is 6.56. The van der Waals surface area contributed by atoms with Crippen LogP contribution in [0.1, 0.15) is 30.4 Å². The van der Waals surface area contributed by atoms with E-state index in [0.717, 1.165) is 29.8 Å². The molecule has 8 heteroatoms. The lowest BCUT2D eigenvalue weighted by Crippen LogP contribution is -2.55. The van der Waals surface area contributed by atoms with Crippen LogP contribution in [-0.2, 0) is 11.0 Å². The summed E-state index contributed by atoms with van der Waals surface area (Å²) in [5.41, 5.74) is -0.618. The maximum Gasteiger partial charge on any atom is 0.407 e. The van der Waals surface area contributed by atoms with Crippen LogP contribution in [0.15, 0.2) is 42.5 Å². The zero-order valence-corrected chi connectivity index (χ0v) is 16.3. The molecule has 0 aromatic heterocycles. The number of nitrogens with zero attached hydrogens (tertiary/aromatic N) is 3. The van der Waals surface area contributed by atoms with Gasteiger partial charge in [-0.25, -0.2) is 4.85 Å². The maximum absolute atomic E-state index is 13.4. The van der Waals surface area contributed by atoms with E-state index >= 15 is 0 Å². The molecule has 1 spiro atoms. The van der Waals surface area contributed by atoms with Gasteiger partial charge in [0.15, 0.2) is 10.8 Å². The smallest absolute Gasteiger partial charge is 0.303 e. The summed E-state index contributed by atoms with van der Waals surface area (Å²) >= 11 is 5.57. The molecule has 1 amide bonds. The van der Waals surface area contributed by atoms with Gasteiger partial charge in [0.1, 0.15) is 5.54 Å². The van der Waals surface area contributed by atoms with Gasteiger partial charge in [0.25, 0.3) is 5.91 Å². The summed E-state index contributed by atoms with van der Waals surface area (Å²) in [6.45, 7) is 8.94. The van der Waals surface area contributed by atoms with Crippen molar-refractivity contribution in [3.63, 3.8) is 0 Å². The van der Waals surface area contributed by atoms with Crippen LogP contribution in [0, 0.1) is 13.5 Å². The first-order chi connectivity index (χ1) is 13.7. The van der Waals surface area contributed by atoms with Crippen molar-refractivity contribution in [2.45, 2.75) is 37.9 Å². The molecule has 4 rings (SSSR count). The summed E-state index contributed by atoms with van der Waals surface area (Å²) in [4.78, 5) is 19.2. The molecule has 1 saturated heterocycles. The Labute approximate surface area is 171 Å². The highest BCUT2D eigenvalue weighted by atomic mass is 32.1. The molecule has 0 unspecified atom stereocenters. The number of halogens is 3. The Bertz CT molecular complexity index is 1050. The summed E-state index contributed by atoms with van der Waals surface area (Å²) in [7, 11) is 0. The van der Waals surface area contributed by atoms with Crippen LogP contribution in [0.3, 0.4) is 0 Å². The maximum atomic E-state index is 13.4. The van der Waals surface area contributed by atoms with Crippen molar-refractivity contribution in [3.05, 3.63) is 65.0 Å². The zero-order chi connectivity index (χ0) is 21.0. The molecule has 0 N–H and O–H groups in total. The fourth-order valence-electron chi connectivity index (χ4n) is 3.89. The van der Waals surface area contributed by atoms with Gasteiger partial charge in [0.05, 0.1) is 12.1 Å². The van der Waals surface area contributed by atoms with Crippen molar-refractivity contribution in [2.75, 3.05) is 9.80 Å². The number of hydrogen-bond donors (Lipinski definition) is 0. The molecule has 4 nitrogen and oxygen atoms in total. The molecule has 1 saturated carbocycles. The number of carbonyl (C=O) groups is 1. The predicted molar refractivity (Wildman–Crippen MR) is 108 cm³/mol. The van der Waals surface area contributed by atoms with Gasteiger partial charge in [0.2, 0.25) is 0 Å². The third kappa shape index (κ3) is 2.88. The molecule has 0 atom stereocenters. The lowest BCUT2D eigenvalue weighted by Gasteiger charge is -2.43. The SMILES string of the molecule is [C-]#[N+]c1ccc(N2C(=O)C3(CCC3)N(c3ccc(C)cc3)C2=S)cc1C(F)(F)F. The van der Waals surface area contributed by atoms with E-state index < -0.39 is 23.0 Å². The summed E-state index contributed by atoms with van der Waals surface area (Å²) in [6, 6.07) is 10.8. The van der Waals surface area contributed by atoms with E-state index in [0.29, 0.717) is 12.8 Å². The first-order valence-corrected chi connectivity index (χ1v) is 9.44. The molecule has 1 aliphatic heterocycles. The van der Waals surface area contributed by atoms with Gasteiger partial charge in [-0.2, -0.15) is 13.2 Å². The lowest BCUT2D eigenvalue weighted by molar-refractivity contribution is -0.136. The largest absolute Gasteiger partial charge is 0.407 e. The van der Waals surface area contributed by atoms with E-state index in [4.69, 9.17) is 18.8 Å². The van der Waals surface area contributed by atoms with Crippen molar-refractivity contribution >= 4 is 40.3 Å². The molecule has 29 heavy (non-hydrogen) atoms. The molecular formula is C21H16F3N3OS. The van der Waals surface area contributed by atoms with Gasteiger partial charge in [-0.1, -0.05) is 23.8 Å². The van der Waals surface area contributed by atoms with Crippen molar-refractivity contribution in [1.29, 1.82) is 0 Å². The highest BCUT2D eigenvalue weighted by Gasteiger charge is 2.59. The van der Waals surface area contributed by atoms with Crippen LogP contribution in [-0.4, -0.2) is 16.6 Å². The monoisotopic (exact) mass is 415 g/mol. The normalized spacial score (nSPS) is 18.2. The van der Waals surface area contributed by atoms with Crippen molar-refractivity contribution in [3.8, 4) is 0 Å². The van der Waals surface area contributed by atoms with Crippen LogP contribution in [0.25, 0.3) is 4.85 Å². The highest BCUT2D eigenvalue weighted by Crippen LogP contribution is 2.48. The van der Waals surface area contributed by atoms with Crippen molar-refractivity contribution in [2.24, 2.45) is 0 Å². The summed E-state index contributed by atoms with van der Waals surface area (Å²) in [5, 5.41) is 0.155. The third-order valence-corrected chi connectivity index (χ3v) is 5.91. The number of carbonyl (C=O) groups excluding carboxylic acids is 1. The van der Waals surface area contributed by atoms with Gasteiger partial charge >= 0.3 is 6.18 Å². The van der Waals surface area contributed by atoms with Gasteiger partial charge in [-0.05, 0) is 62.7 Å². The minimum atomic E-state index is -4.70. The van der Waals surface area contributed by atoms with E-state index in [9.17, 15) is 18.0 Å². The number of rotatable bonds is 2. The fourth-order valence-corrected chi connectivity index (χ4v) is 4.36. The first-order valence-electron chi connectivity index (χ1n) is 9.03. The average molecular weight is 415 g/mol. The number of hydrogen-bond acceptors (Lipinski definition) is 2. The Morgan fingerprint density at radius 1 is 1.10 bits per heavy atom. The summed E-state index contributed by atoms with van der Waals surface area (Å²) < 4.78 is 40.2. The Balaban J connectivity index is 1.82. The van der Waals surface area contributed by atoms with Crippen LogP contribution >= 0.6 is 12.2 Å². The zero-order valence-electron chi connectivity index (χ0n) is 15.5. The number of amides is 1. The second-order valence-corrected chi connectivity index (χ2v) is 7.66. The minimum Gasteiger partial charge on any atom is -0.303 e. The number of aryl methyl sites for hydroxylation is 1. The van der Waals surface area contributed by atoms with Crippen LogP contribution in [0.2, 0.25) is 0 Å². The number of anilines is 2. The molecule has 0 bridgehead atoms. The minimum absolute atomic E-state index is 0.0283. The quantitative estimate of drug-likeness (QED) is 0.470. The van der Waals surface area contributed by atoms with Crippen LogP contribution in [0.5, 0.6) is 0 Å². The average Bonchev–Trinajstić information content (AvgIpc) is 2.88. The Hall–Kier alpha value is -2.92. The third-order valence-electron chi connectivity index (χ3n) is 5.55. The molecule has 2 aliphatic rings. The fraction of sp³-hybridized carbons (Fsp3) is 0.286. The van der Waals surface area contributed by atoms with Gasteiger partial charge < -0.3 is 4.90 Å². The molecule has 0 radical (unpaired) electrons. The lowest BCUT2D eigenvalue weighted by atomic mass is 9.75. The Morgan fingerprint density at radius 3 is 2.24 bits per heavy atom. The predicted octanol–water partition coefficient (Wildman–Crippen LogP) is 5.63. The highest BCUT2D eigenvalue weighted by molar-refractivity contribution is 7.81. The molecule has 2 fully saturated rings. The number of benzene rings is 2. The van der Waals surface area contributed by atoms with E-state index in [1.165, 1.54) is 11.0 Å². The molecular weight excluding hydrogens is 399 g/mol. The molecule has 2 aromatic carbocycles. The van der Waals surface area contributed by atoms with Crippen LogP contribution < -0.4 is 9.80 Å². The molecule has 148 valence electrons. The summed E-state index contributed by atoms with van der Waals surface area (Å²) in [5.74, 6) is -0.321. The van der Waals surface area contributed by atoms with Gasteiger partial charge in [-0.3, -0.25) is 9.69 Å². The Morgan fingerprint density at radius 2 is 1.72 bits per heavy atom. The number of alkyl halides is 3. The van der Waals surface area contributed by atoms with Crippen LogP contribution in [0.4, 0.5) is 30.2 Å². The van der Waals surface area contributed by atoms with E-state index in [1.54, 1.807) is 4.90 Å². The van der Waals surface area contributed by atoms with Crippen molar-refractivity contribution < 1.29 is 18.0 Å². The molecule has 1 aliphatic carbocycles. The van der Waals surface area contributed by atoms with E-state index in [2.05, 4.69) is 4.85 Å². The second-order valence-electron chi connectivity index (χ2n) is 7.29. The van der Waals surface area contributed by atoms with Gasteiger partial charge in [-0.15, -0.1) is 0 Å².